The third-order valence-corrected chi connectivity index (χ3v) is 6.56. The zero-order chi connectivity index (χ0) is 20.0. The summed E-state index contributed by atoms with van der Waals surface area (Å²) >= 11 is 0. The second kappa shape index (κ2) is 9.41. The summed E-state index contributed by atoms with van der Waals surface area (Å²) < 4.78 is 32.5. The minimum Gasteiger partial charge on any atom is -0.497 e. The van der Waals surface area contributed by atoms with Gasteiger partial charge in [-0.3, -0.25) is 4.90 Å². The highest BCUT2D eigenvalue weighted by Crippen LogP contribution is 2.20. The van der Waals surface area contributed by atoms with Gasteiger partial charge in [0.15, 0.2) is 0 Å². The molecule has 0 saturated carbocycles. The Kier molecular flexibility index (Phi) is 6.93. The van der Waals surface area contributed by atoms with Crippen LogP contribution in [0.5, 0.6) is 5.75 Å². The van der Waals surface area contributed by atoms with Crippen molar-refractivity contribution in [1.82, 2.24) is 9.62 Å². The van der Waals surface area contributed by atoms with Crippen molar-refractivity contribution in [3.63, 3.8) is 0 Å². The minimum atomic E-state index is -3.42. The highest BCUT2D eigenvalue weighted by molar-refractivity contribution is 7.89. The smallest absolute Gasteiger partial charge is 0.240 e. The standard InChI is InChI=1S/C21H29N3O3S/c1-18-4-10-21(11-5-18)28(25,26)22-12-3-13-23-14-16-24(17-15-23)19-6-8-20(27-2)9-7-19/h4-11,22H,3,12-17H2,1-2H3. The first kappa shape index (κ1) is 20.6. The highest BCUT2D eigenvalue weighted by atomic mass is 32.2. The maximum atomic E-state index is 12.3. The van der Waals surface area contributed by atoms with E-state index >= 15 is 0 Å². The van der Waals surface area contributed by atoms with Crippen LogP contribution in [-0.2, 0) is 10.0 Å². The normalized spacial score (nSPS) is 15.6. The second-order valence-electron chi connectivity index (χ2n) is 7.09. The summed E-state index contributed by atoms with van der Waals surface area (Å²) in [5.41, 5.74) is 2.26. The van der Waals surface area contributed by atoms with Crippen LogP contribution < -0.4 is 14.4 Å². The molecule has 0 spiro atoms. The Morgan fingerprint density at radius 3 is 2.21 bits per heavy atom. The molecule has 1 N–H and O–H groups in total. The quantitative estimate of drug-likeness (QED) is 0.686. The van der Waals surface area contributed by atoms with Crippen LogP contribution in [0.15, 0.2) is 53.4 Å². The molecule has 28 heavy (non-hydrogen) atoms. The van der Waals surface area contributed by atoms with E-state index in [0.29, 0.717) is 11.4 Å². The van der Waals surface area contributed by atoms with Gasteiger partial charge in [0, 0.05) is 38.4 Å². The van der Waals surface area contributed by atoms with Gasteiger partial charge < -0.3 is 9.64 Å². The fourth-order valence-electron chi connectivity index (χ4n) is 3.33. The van der Waals surface area contributed by atoms with Crippen molar-refractivity contribution in [1.29, 1.82) is 0 Å². The molecule has 0 unspecified atom stereocenters. The van der Waals surface area contributed by atoms with Crippen LogP contribution in [0.4, 0.5) is 5.69 Å². The van der Waals surface area contributed by atoms with Crippen LogP contribution in [0.2, 0.25) is 0 Å². The van der Waals surface area contributed by atoms with Gasteiger partial charge in [-0.1, -0.05) is 17.7 Å². The van der Waals surface area contributed by atoms with Gasteiger partial charge in [-0.05, 0) is 56.3 Å². The van der Waals surface area contributed by atoms with E-state index in [2.05, 4.69) is 26.7 Å². The number of nitrogens with zero attached hydrogens (tertiary/aromatic N) is 2. The zero-order valence-electron chi connectivity index (χ0n) is 16.6. The van der Waals surface area contributed by atoms with E-state index in [-0.39, 0.29) is 0 Å². The van der Waals surface area contributed by atoms with Gasteiger partial charge in [0.25, 0.3) is 0 Å². The molecule has 0 aliphatic carbocycles. The number of anilines is 1. The Morgan fingerprint density at radius 2 is 1.61 bits per heavy atom. The number of rotatable bonds is 8. The Balaban J connectivity index is 1.39. The van der Waals surface area contributed by atoms with Gasteiger partial charge in [-0.15, -0.1) is 0 Å². The molecule has 0 amide bonds. The van der Waals surface area contributed by atoms with E-state index in [1.807, 2.05) is 31.2 Å². The predicted molar refractivity (Wildman–Crippen MR) is 113 cm³/mol. The van der Waals surface area contributed by atoms with Crippen molar-refractivity contribution >= 4 is 15.7 Å². The first-order chi connectivity index (χ1) is 13.5. The molecule has 1 heterocycles. The number of aryl methyl sites for hydroxylation is 1. The van der Waals surface area contributed by atoms with Crippen molar-refractivity contribution in [2.75, 3.05) is 51.3 Å². The van der Waals surface area contributed by atoms with Gasteiger partial charge >= 0.3 is 0 Å². The van der Waals surface area contributed by atoms with Crippen molar-refractivity contribution < 1.29 is 13.2 Å². The number of piperazine rings is 1. The third-order valence-electron chi connectivity index (χ3n) is 5.08. The van der Waals surface area contributed by atoms with Crippen molar-refractivity contribution in [3.8, 4) is 5.75 Å². The summed E-state index contributed by atoms with van der Waals surface area (Å²) in [7, 11) is -1.74. The van der Waals surface area contributed by atoms with Crippen LogP contribution >= 0.6 is 0 Å². The molecule has 2 aromatic rings. The topological polar surface area (TPSA) is 61.9 Å². The molecule has 1 fully saturated rings. The fourth-order valence-corrected chi connectivity index (χ4v) is 4.41. The molecule has 0 bridgehead atoms. The fraction of sp³-hybridized carbons (Fsp3) is 0.429. The highest BCUT2D eigenvalue weighted by Gasteiger charge is 2.17. The molecule has 1 aliphatic heterocycles. The lowest BCUT2D eigenvalue weighted by Gasteiger charge is -2.36. The second-order valence-corrected chi connectivity index (χ2v) is 8.86. The van der Waals surface area contributed by atoms with Crippen LogP contribution in [0.3, 0.4) is 0 Å². The minimum absolute atomic E-state index is 0.325. The van der Waals surface area contributed by atoms with Gasteiger partial charge in [-0.25, -0.2) is 13.1 Å². The molecular weight excluding hydrogens is 374 g/mol. The largest absolute Gasteiger partial charge is 0.497 e. The first-order valence-corrected chi connectivity index (χ1v) is 11.1. The lowest BCUT2D eigenvalue weighted by Crippen LogP contribution is -2.47. The summed E-state index contributed by atoms with van der Waals surface area (Å²) in [4.78, 5) is 5.09. The average Bonchev–Trinajstić information content (AvgIpc) is 2.72. The number of benzene rings is 2. The van der Waals surface area contributed by atoms with Crippen molar-refractivity contribution in [2.45, 2.75) is 18.2 Å². The number of nitrogens with one attached hydrogen (secondary N) is 1. The molecule has 6 nitrogen and oxygen atoms in total. The van der Waals surface area contributed by atoms with Crippen LogP contribution in [0, 0.1) is 6.92 Å². The first-order valence-electron chi connectivity index (χ1n) is 9.65. The Bertz CT molecular complexity index is 843. The molecule has 1 saturated heterocycles. The molecule has 2 aromatic carbocycles. The number of ether oxygens (including phenoxy) is 1. The number of sulfonamides is 1. The lowest BCUT2D eigenvalue weighted by atomic mass is 10.2. The maximum absolute atomic E-state index is 12.3. The SMILES string of the molecule is COc1ccc(N2CCN(CCCNS(=O)(=O)c3ccc(C)cc3)CC2)cc1. The van der Waals surface area contributed by atoms with E-state index in [9.17, 15) is 8.42 Å². The van der Waals surface area contributed by atoms with E-state index in [1.165, 1.54) is 5.69 Å². The molecule has 0 atom stereocenters. The molecule has 1 aliphatic rings. The predicted octanol–water partition coefficient (Wildman–Crippen LogP) is 2.49. The molecule has 0 radical (unpaired) electrons. The lowest BCUT2D eigenvalue weighted by molar-refractivity contribution is 0.255. The Labute approximate surface area is 168 Å². The summed E-state index contributed by atoms with van der Waals surface area (Å²) in [6, 6.07) is 15.1. The summed E-state index contributed by atoms with van der Waals surface area (Å²) in [5.74, 6) is 0.871. The van der Waals surface area contributed by atoms with E-state index in [1.54, 1.807) is 19.2 Å². The van der Waals surface area contributed by atoms with E-state index < -0.39 is 10.0 Å². The monoisotopic (exact) mass is 403 g/mol. The summed E-state index contributed by atoms with van der Waals surface area (Å²) in [6.07, 6.45) is 0.799. The Hall–Kier alpha value is -2.09. The van der Waals surface area contributed by atoms with Gasteiger partial charge in [-0.2, -0.15) is 0 Å². The van der Waals surface area contributed by atoms with Crippen LogP contribution in [-0.4, -0.2) is 59.7 Å². The van der Waals surface area contributed by atoms with E-state index in [4.69, 9.17) is 4.74 Å². The van der Waals surface area contributed by atoms with Crippen LogP contribution in [0.25, 0.3) is 0 Å². The third kappa shape index (κ3) is 5.47. The number of hydrogen-bond donors (Lipinski definition) is 1. The summed E-state index contributed by atoms with van der Waals surface area (Å²) in [6.45, 7) is 7.20. The summed E-state index contributed by atoms with van der Waals surface area (Å²) in [5, 5.41) is 0. The molecule has 7 heteroatoms. The molecule has 152 valence electrons. The Morgan fingerprint density at radius 1 is 0.964 bits per heavy atom. The van der Waals surface area contributed by atoms with Crippen LogP contribution in [0.1, 0.15) is 12.0 Å². The van der Waals surface area contributed by atoms with Gasteiger partial charge in [0.1, 0.15) is 5.75 Å². The van der Waals surface area contributed by atoms with Crippen molar-refractivity contribution in [2.24, 2.45) is 0 Å². The van der Waals surface area contributed by atoms with Gasteiger partial charge in [0.05, 0.1) is 12.0 Å². The molecular formula is C21H29N3O3S. The van der Waals surface area contributed by atoms with Gasteiger partial charge in [0.2, 0.25) is 10.0 Å². The number of hydrogen-bond acceptors (Lipinski definition) is 5. The number of methoxy groups -OCH3 is 1. The average molecular weight is 404 g/mol. The molecule has 0 aromatic heterocycles. The maximum Gasteiger partial charge on any atom is 0.240 e. The molecule has 3 rings (SSSR count). The zero-order valence-corrected chi connectivity index (χ0v) is 17.4. The van der Waals surface area contributed by atoms with E-state index in [0.717, 1.165) is 50.5 Å². The van der Waals surface area contributed by atoms with Crippen molar-refractivity contribution in [3.05, 3.63) is 54.1 Å².